The zero-order valence-corrected chi connectivity index (χ0v) is 21.9. The van der Waals surface area contributed by atoms with Crippen molar-refractivity contribution in [3.63, 3.8) is 0 Å². The highest BCUT2D eigenvalue weighted by atomic mass is 32.2. The second kappa shape index (κ2) is 12.1. The number of nitrogens with one attached hydrogen (secondary N) is 1. The summed E-state index contributed by atoms with van der Waals surface area (Å²) in [6.07, 6.45) is 1.18. The Labute approximate surface area is 204 Å². The third kappa shape index (κ3) is 7.14. The highest BCUT2D eigenvalue weighted by molar-refractivity contribution is 7.89. The van der Waals surface area contributed by atoms with Crippen LogP contribution in [-0.2, 0) is 26.2 Å². The van der Waals surface area contributed by atoms with Crippen molar-refractivity contribution >= 4 is 21.8 Å². The van der Waals surface area contributed by atoms with Crippen molar-refractivity contribution < 1.29 is 18.0 Å². The van der Waals surface area contributed by atoms with Crippen LogP contribution in [0.25, 0.3) is 0 Å². The average molecular weight is 488 g/mol. The Morgan fingerprint density at radius 3 is 2.18 bits per heavy atom. The smallest absolute Gasteiger partial charge is 0.243 e. The number of aryl methyl sites for hydroxylation is 2. The van der Waals surface area contributed by atoms with E-state index in [-0.39, 0.29) is 29.9 Å². The van der Waals surface area contributed by atoms with Crippen molar-refractivity contribution in [2.45, 2.75) is 71.0 Å². The van der Waals surface area contributed by atoms with Crippen LogP contribution in [0.15, 0.2) is 53.4 Å². The van der Waals surface area contributed by atoms with Crippen LogP contribution in [0.4, 0.5) is 0 Å². The summed E-state index contributed by atoms with van der Waals surface area (Å²) in [6.45, 7) is 9.43. The molecule has 0 spiro atoms. The molecule has 2 aromatic carbocycles. The Morgan fingerprint density at radius 2 is 1.62 bits per heavy atom. The Morgan fingerprint density at radius 1 is 0.971 bits per heavy atom. The molecule has 0 saturated carbocycles. The SMILES string of the molecule is CCC(C)NC(=O)C(CC)N(Cc1cccc(C)c1)C(=O)CN(C)S(=O)(=O)c1ccc(C)cc1. The van der Waals surface area contributed by atoms with Gasteiger partial charge in [0.15, 0.2) is 0 Å². The molecule has 7 nitrogen and oxygen atoms in total. The third-order valence-electron chi connectivity index (χ3n) is 5.91. The molecule has 0 saturated heterocycles. The lowest BCUT2D eigenvalue weighted by Gasteiger charge is -2.32. The summed E-state index contributed by atoms with van der Waals surface area (Å²) >= 11 is 0. The van der Waals surface area contributed by atoms with E-state index >= 15 is 0 Å². The molecule has 2 rings (SSSR count). The van der Waals surface area contributed by atoms with E-state index in [0.717, 1.165) is 27.4 Å². The number of carbonyl (C=O) groups excluding carboxylic acids is 2. The zero-order valence-electron chi connectivity index (χ0n) is 21.0. The van der Waals surface area contributed by atoms with Gasteiger partial charge in [-0.15, -0.1) is 0 Å². The second-order valence-electron chi connectivity index (χ2n) is 8.83. The van der Waals surface area contributed by atoms with Crippen LogP contribution < -0.4 is 5.32 Å². The van der Waals surface area contributed by atoms with Gasteiger partial charge in [0.1, 0.15) is 6.04 Å². The molecule has 0 bridgehead atoms. The maximum atomic E-state index is 13.5. The maximum Gasteiger partial charge on any atom is 0.243 e. The number of rotatable bonds is 11. The molecule has 0 aromatic heterocycles. The minimum atomic E-state index is -3.85. The van der Waals surface area contributed by atoms with Crippen LogP contribution in [0.1, 0.15) is 50.3 Å². The first-order valence-electron chi connectivity index (χ1n) is 11.7. The lowest BCUT2D eigenvalue weighted by molar-refractivity contribution is -0.141. The van der Waals surface area contributed by atoms with Gasteiger partial charge < -0.3 is 10.2 Å². The number of sulfonamides is 1. The summed E-state index contributed by atoms with van der Waals surface area (Å²) < 4.78 is 27.1. The summed E-state index contributed by atoms with van der Waals surface area (Å²) in [5.74, 6) is -0.659. The van der Waals surface area contributed by atoms with E-state index in [4.69, 9.17) is 0 Å². The normalized spacial score (nSPS) is 13.4. The number of nitrogens with zero attached hydrogens (tertiary/aromatic N) is 2. The first-order valence-corrected chi connectivity index (χ1v) is 13.1. The van der Waals surface area contributed by atoms with Gasteiger partial charge in [0.2, 0.25) is 21.8 Å². The van der Waals surface area contributed by atoms with Gasteiger partial charge in [-0.1, -0.05) is 61.4 Å². The van der Waals surface area contributed by atoms with Gasteiger partial charge in [0.25, 0.3) is 0 Å². The summed E-state index contributed by atoms with van der Waals surface area (Å²) in [5.41, 5.74) is 2.87. The van der Waals surface area contributed by atoms with Gasteiger partial charge in [-0.3, -0.25) is 9.59 Å². The molecular formula is C26H37N3O4S. The molecule has 1 N–H and O–H groups in total. The van der Waals surface area contributed by atoms with Gasteiger partial charge >= 0.3 is 0 Å². The lowest BCUT2D eigenvalue weighted by Crippen LogP contribution is -2.53. The van der Waals surface area contributed by atoms with Crippen LogP contribution >= 0.6 is 0 Å². The molecule has 2 unspecified atom stereocenters. The van der Waals surface area contributed by atoms with Crippen molar-refractivity contribution in [3.05, 3.63) is 65.2 Å². The Bertz CT molecular complexity index is 1080. The molecule has 0 aliphatic heterocycles. The molecular weight excluding hydrogens is 450 g/mol. The van der Waals surface area contributed by atoms with Crippen molar-refractivity contribution in [3.8, 4) is 0 Å². The molecule has 34 heavy (non-hydrogen) atoms. The first-order chi connectivity index (χ1) is 16.0. The molecule has 0 heterocycles. The van der Waals surface area contributed by atoms with E-state index in [9.17, 15) is 18.0 Å². The minimum absolute atomic E-state index is 0.0259. The number of carbonyl (C=O) groups is 2. The predicted molar refractivity (Wildman–Crippen MR) is 135 cm³/mol. The van der Waals surface area contributed by atoms with E-state index in [1.54, 1.807) is 12.1 Å². The van der Waals surface area contributed by atoms with E-state index in [0.29, 0.717) is 6.42 Å². The van der Waals surface area contributed by atoms with Crippen LogP contribution in [0.2, 0.25) is 0 Å². The fourth-order valence-electron chi connectivity index (χ4n) is 3.62. The standard InChI is InChI=1S/C26H37N3O4S/c1-7-21(5)27-26(31)24(8-2)29(17-22-11-9-10-20(4)16-22)25(30)18-28(6)34(32,33)23-14-12-19(3)13-15-23/h9-16,21,24H,7-8,17-18H2,1-6H3,(H,27,31). The third-order valence-corrected chi connectivity index (χ3v) is 7.73. The Hall–Kier alpha value is -2.71. The number of amides is 2. The monoisotopic (exact) mass is 487 g/mol. The quantitative estimate of drug-likeness (QED) is 0.524. The van der Waals surface area contributed by atoms with Crippen molar-refractivity contribution in [1.82, 2.24) is 14.5 Å². The fourth-order valence-corrected chi connectivity index (χ4v) is 4.74. The van der Waals surface area contributed by atoms with Gasteiger partial charge in [0.05, 0.1) is 11.4 Å². The van der Waals surface area contributed by atoms with Gasteiger partial charge in [-0.2, -0.15) is 4.31 Å². The molecule has 2 amide bonds. The maximum absolute atomic E-state index is 13.5. The Kier molecular flexibility index (Phi) is 9.82. The number of benzene rings is 2. The van der Waals surface area contributed by atoms with Crippen LogP contribution in [-0.4, -0.2) is 55.1 Å². The van der Waals surface area contributed by atoms with E-state index < -0.39 is 22.0 Å². The number of hydrogen-bond donors (Lipinski definition) is 1. The van der Waals surface area contributed by atoms with Crippen LogP contribution in [0.3, 0.4) is 0 Å². The van der Waals surface area contributed by atoms with E-state index in [1.165, 1.54) is 24.1 Å². The summed E-state index contributed by atoms with van der Waals surface area (Å²) in [5, 5.41) is 2.96. The molecule has 0 radical (unpaired) electrons. The van der Waals surface area contributed by atoms with Gasteiger partial charge in [-0.25, -0.2) is 8.42 Å². The average Bonchev–Trinajstić information content (AvgIpc) is 2.79. The molecule has 0 aliphatic rings. The fraction of sp³-hybridized carbons (Fsp3) is 0.462. The first kappa shape index (κ1) is 27.5. The molecule has 8 heteroatoms. The van der Waals surface area contributed by atoms with Crippen molar-refractivity contribution in [2.75, 3.05) is 13.6 Å². The van der Waals surface area contributed by atoms with E-state index in [2.05, 4.69) is 5.32 Å². The highest BCUT2D eigenvalue weighted by Crippen LogP contribution is 2.18. The molecule has 2 aromatic rings. The summed E-state index contributed by atoms with van der Waals surface area (Å²) in [4.78, 5) is 28.1. The predicted octanol–water partition coefficient (Wildman–Crippen LogP) is 3.65. The zero-order chi connectivity index (χ0) is 25.5. The van der Waals surface area contributed by atoms with Crippen molar-refractivity contribution in [1.29, 1.82) is 0 Å². The van der Waals surface area contributed by atoms with E-state index in [1.807, 2.05) is 58.9 Å². The molecule has 2 atom stereocenters. The van der Waals surface area contributed by atoms with Crippen LogP contribution in [0, 0.1) is 13.8 Å². The molecule has 0 aliphatic carbocycles. The second-order valence-corrected chi connectivity index (χ2v) is 10.9. The largest absolute Gasteiger partial charge is 0.352 e. The van der Waals surface area contributed by atoms with Crippen molar-refractivity contribution in [2.24, 2.45) is 0 Å². The molecule has 0 fully saturated rings. The highest BCUT2D eigenvalue weighted by Gasteiger charge is 2.32. The van der Waals surface area contributed by atoms with Gasteiger partial charge in [-0.05, 0) is 51.3 Å². The topological polar surface area (TPSA) is 86.8 Å². The van der Waals surface area contributed by atoms with Gasteiger partial charge in [0, 0.05) is 19.6 Å². The number of hydrogen-bond acceptors (Lipinski definition) is 4. The minimum Gasteiger partial charge on any atom is -0.352 e. The lowest BCUT2D eigenvalue weighted by atomic mass is 10.1. The Balaban J connectivity index is 2.33. The molecule has 186 valence electrons. The van der Waals surface area contributed by atoms with Crippen LogP contribution in [0.5, 0.6) is 0 Å². The summed E-state index contributed by atoms with van der Waals surface area (Å²) in [7, 11) is -2.47. The summed E-state index contributed by atoms with van der Waals surface area (Å²) in [6, 6.07) is 13.5. The number of likely N-dealkylation sites (N-methyl/N-ethyl adjacent to an activating group) is 1.